The number of hydrogen-bond acceptors (Lipinski definition) is 6. The summed E-state index contributed by atoms with van der Waals surface area (Å²) in [7, 11) is 0. The molecule has 1 amide bonds. The molecule has 0 atom stereocenters. The molecule has 0 aromatic carbocycles. The Balaban J connectivity index is 2.72. The molecule has 1 aromatic rings. The van der Waals surface area contributed by atoms with E-state index in [0.717, 1.165) is 0 Å². The third kappa shape index (κ3) is 4.76. The quantitative estimate of drug-likeness (QED) is 0.245. The van der Waals surface area contributed by atoms with Crippen molar-refractivity contribution in [2.75, 3.05) is 17.2 Å². The first-order valence-corrected chi connectivity index (χ1v) is 6.56. The van der Waals surface area contributed by atoms with Gasteiger partial charge < -0.3 is 10.6 Å². The van der Waals surface area contributed by atoms with Gasteiger partial charge in [-0.3, -0.25) is 14.9 Å². The summed E-state index contributed by atoms with van der Waals surface area (Å²) in [5.74, 6) is 0.664. The van der Waals surface area contributed by atoms with Crippen LogP contribution in [0.15, 0.2) is 30.6 Å². The monoisotopic (exact) mass is 341 g/mol. The molecule has 1 rings (SSSR count). The van der Waals surface area contributed by atoms with Gasteiger partial charge in [-0.25, -0.2) is 9.97 Å². The van der Waals surface area contributed by atoms with Gasteiger partial charge in [0.15, 0.2) is 11.6 Å². The Morgan fingerprint density at radius 1 is 1.55 bits per heavy atom. The zero-order chi connectivity index (χ0) is 15.0. The van der Waals surface area contributed by atoms with Crippen molar-refractivity contribution in [3.05, 3.63) is 46.4 Å². The Morgan fingerprint density at radius 3 is 2.90 bits per heavy atom. The molecule has 9 heteroatoms. The van der Waals surface area contributed by atoms with Crippen molar-refractivity contribution in [1.29, 1.82) is 0 Å². The van der Waals surface area contributed by atoms with Gasteiger partial charge in [-0.1, -0.05) is 22.0 Å². The molecule has 0 aliphatic rings. The minimum absolute atomic E-state index is 0.210. The van der Waals surface area contributed by atoms with Crippen molar-refractivity contribution in [1.82, 2.24) is 9.97 Å². The molecule has 0 saturated carbocycles. The number of carbonyl (C=O) groups is 1. The minimum atomic E-state index is -0.582. The number of aromatic nitrogens is 2. The Bertz CT molecular complexity index is 547. The minimum Gasteiger partial charge on any atom is -0.363 e. The van der Waals surface area contributed by atoms with E-state index in [-0.39, 0.29) is 18.1 Å². The van der Waals surface area contributed by atoms with Crippen molar-refractivity contribution >= 4 is 34.0 Å². The zero-order valence-corrected chi connectivity index (χ0v) is 12.0. The average Bonchev–Trinajstić information content (AvgIpc) is 2.44. The third-order valence-electron chi connectivity index (χ3n) is 2.09. The topological polar surface area (TPSA) is 110 Å². The van der Waals surface area contributed by atoms with Gasteiger partial charge in [-0.15, -0.1) is 0 Å². The molecular formula is C11H12BrN5O3. The molecule has 106 valence electrons. The van der Waals surface area contributed by atoms with Crippen molar-refractivity contribution in [2.45, 2.75) is 5.33 Å². The van der Waals surface area contributed by atoms with Crippen LogP contribution in [0.1, 0.15) is 5.69 Å². The summed E-state index contributed by atoms with van der Waals surface area (Å²) in [6, 6.07) is 0. The molecule has 20 heavy (non-hydrogen) atoms. The third-order valence-corrected chi connectivity index (χ3v) is 2.66. The molecule has 1 aromatic heterocycles. The summed E-state index contributed by atoms with van der Waals surface area (Å²) in [6.07, 6.45) is 4.82. The first kappa shape index (κ1) is 15.8. The number of allylic oxidation sites excluding steroid dienone is 1. The molecule has 0 fully saturated rings. The lowest BCUT2D eigenvalue weighted by Gasteiger charge is -2.08. The van der Waals surface area contributed by atoms with Gasteiger partial charge in [0, 0.05) is 18.0 Å². The first-order valence-electron chi connectivity index (χ1n) is 5.44. The number of rotatable bonds is 8. The van der Waals surface area contributed by atoms with E-state index in [1.54, 1.807) is 0 Å². The summed E-state index contributed by atoms with van der Waals surface area (Å²) < 4.78 is 0. The van der Waals surface area contributed by atoms with Gasteiger partial charge in [-0.2, -0.15) is 0 Å². The van der Waals surface area contributed by atoms with E-state index in [4.69, 9.17) is 0 Å². The number of amides is 1. The molecule has 0 spiro atoms. The fourth-order valence-corrected chi connectivity index (χ4v) is 1.46. The van der Waals surface area contributed by atoms with Gasteiger partial charge >= 0.3 is 0 Å². The maximum Gasteiger partial charge on any atom is 0.262 e. The molecule has 0 aliphatic carbocycles. The van der Waals surface area contributed by atoms with Crippen LogP contribution in [0.3, 0.4) is 0 Å². The van der Waals surface area contributed by atoms with E-state index in [1.165, 1.54) is 18.3 Å². The Morgan fingerprint density at radius 2 is 2.30 bits per heavy atom. The number of nitrogens with one attached hydrogen (secondary N) is 2. The zero-order valence-electron chi connectivity index (χ0n) is 10.4. The van der Waals surface area contributed by atoms with Crippen LogP contribution in [0.25, 0.3) is 0 Å². The molecule has 8 nitrogen and oxygen atoms in total. The molecule has 0 aliphatic heterocycles. The van der Waals surface area contributed by atoms with E-state index < -0.39 is 4.92 Å². The average molecular weight is 342 g/mol. The van der Waals surface area contributed by atoms with Gasteiger partial charge in [0.1, 0.15) is 0 Å². The van der Waals surface area contributed by atoms with Crippen molar-refractivity contribution in [3.8, 4) is 0 Å². The van der Waals surface area contributed by atoms with Crippen LogP contribution in [0.2, 0.25) is 0 Å². The van der Waals surface area contributed by atoms with Gasteiger partial charge in [0.25, 0.3) is 5.70 Å². The SMILES string of the molecule is C=C(/C=C/CNc1nc(CBr)cnc1NC=O)[N+](=O)[O-]. The van der Waals surface area contributed by atoms with Crippen molar-refractivity contribution in [3.63, 3.8) is 0 Å². The highest BCUT2D eigenvalue weighted by molar-refractivity contribution is 9.08. The number of anilines is 2. The molecule has 1 heterocycles. The summed E-state index contributed by atoms with van der Waals surface area (Å²) in [4.78, 5) is 28.5. The van der Waals surface area contributed by atoms with Gasteiger partial charge in [0.05, 0.1) is 16.8 Å². The Labute approximate surface area is 123 Å². The van der Waals surface area contributed by atoms with Crippen LogP contribution in [-0.4, -0.2) is 27.8 Å². The smallest absolute Gasteiger partial charge is 0.262 e. The largest absolute Gasteiger partial charge is 0.363 e. The van der Waals surface area contributed by atoms with Crippen LogP contribution in [0.4, 0.5) is 11.6 Å². The molecule has 0 bridgehead atoms. The van der Waals surface area contributed by atoms with Gasteiger partial charge in [0.2, 0.25) is 6.41 Å². The van der Waals surface area contributed by atoms with E-state index in [9.17, 15) is 14.9 Å². The maximum absolute atomic E-state index is 10.5. The molecule has 0 unspecified atom stereocenters. The van der Waals surface area contributed by atoms with E-state index in [0.29, 0.717) is 23.3 Å². The van der Waals surface area contributed by atoms with E-state index in [2.05, 4.69) is 43.1 Å². The molecule has 0 radical (unpaired) electrons. The summed E-state index contributed by atoms with van der Waals surface area (Å²) in [5.41, 5.74) is 0.473. The lowest BCUT2D eigenvalue weighted by molar-refractivity contribution is -0.418. The lowest BCUT2D eigenvalue weighted by atomic mass is 10.4. The summed E-state index contributed by atoms with van der Waals surface area (Å²) in [6.45, 7) is 3.55. The molecule has 2 N–H and O–H groups in total. The predicted molar refractivity (Wildman–Crippen MR) is 78.1 cm³/mol. The number of nitrogens with zero attached hydrogens (tertiary/aromatic N) is 3. The second-order valence-corrected chi connectivity index (χ2v) is 4.05. The lowest BCUT2D eigenvalue weighted by Crippen LogP contribution is -2.09. The fraction of sp³-hybridized carbons (Fsp3) is 0.182. The van der Waals surface area contributed by atoms with Crippen LogP contribution in [-0.2, 0) is 10.1 Å². The molecular weight excluding hydrogens is 330 g/mol. The van der Waals surface area contributed by atoms with Crippen LogP contribution < -0.4 is 10.6 Å². The summed E-state index contributed by atoms with van der Waals surface area (Å²) in [5, 5.41) is 16.2. The number of halogens is 1. The van der Waals surface area contributed by atoms with Crippen molar-refractivity contribution < 1.29 is 9.72 Å². The number of hydrogen-bond donors (Lipinski definition) is 2. The molecule has 0 saturated heterocycles. The highest BCUT2D eigenvalue weighted by atomic mass is 79.9. The fourth-order valence-electron chi connectivity index (χ4n) is 1.19. The maximum atomic E-state index is 10.5. The van der Waals surface area contributed by atoms with E-state index >= 15 is 0 Å². The standard InChI is InChI=1S/C11H12BrN5O3/c1-8(17(19)20)3-2-4-13-11-10(15-7-18)14-6-9(5-12)16-11/h2-3,6-7H,1,4-5H2,(H,13,16)(H,14,15,18)/b3-2+. The normalized spacial score (nSPS) is 10.2. The Hall–Kier alpha value is -2.29. The highest BCUT2D eigenvalue weighted by Crippen LogP contribution is 2.16. The highest BCUT2D eigenvalue weighted by Gasteiger charge is 2.06. The second-order valence-electron chi connectivity index (χ2n) is 3.49. The Kier molecular flexibility index (Phi) is 6.30. The van der Waals surface area contributed by atoms with Crippen LogP contribution in [0.5, 0.6) is 0 Å². The van der Waals surface area contributed by atoms with Crippen molar-refractivity contribution in [2.24, 2.45) is 0 Å². The predicted octanol–water partition coefficient (Wildman–Crippen LogP) is 1.70. The van der Waals surface area contributed by atoms with Crippen LogP contribution >= 0.6 is 15.9 Å². The second kappa shape index (κ2) is 8.00. The first-order chi connectivity index (χ1) is 9.58. The van der Waals surface area contributed by atoms with E-state index in [1.807, 2.05) is 0 Å². The number of nitro groups is 1. The van der Waals surface area contributed by atoms with Gasteiger partial charge in [-0.05, 0) is 6.58 Å². The van der Waals surface area contributed by atoms with Crippen LogP contribution in [0, 0.1) is 10.1 Å². The number of alkyl halides is 1. The summed E-state index contributed by atoms with van der Waals surface area (Å²) >= 11 is 3.25. The number of carbonyl (C=O) groups excluding carboxylic acids is 1.